The Morgan fingerprint density at radius 2 is 1.49 bits per heavy atom. The van der Waals surface area contributed by atoms with E-state index >= 15 is 0 Å². The summed E-state index contributed by atoms with van der Waals surface area (Å²) in [5, 5.41) is 17.2. The lowest BCUT2D eigenvalue weighted by molar-refractivity contribution is -0.193. The van der Waals surface area contributed by atoms with Gasteiger partial charge < -0.3 is 25.2 Å². The first-order valence-electron chi connectivity index (χ1n) is 11.1. The zero-order valence-corrected chi connectivity index (χ0v) is 19.9. The fourth-order valence-corrected chi connectivity index (χ4v) is 3.70. The van der Waals surface area contributed by atoms with E-state index in [1.54, 1.807) is 36.9 Å². The van der Waals surface area contributed by atoms with Crippen LogP contribution in [-0.4, -0.2) is 87.2 Å². The standard InChI is InChI=1S/C18H21N5O2.2C2HF3O2/c24-16(14-2-8-19-9-3-14)20-10-4-15-5-11-25-18(15)12-23(13-18)17-21-6-1-7-22-17;2*3-2(4,5)1(6)7/h1-3,6-9,15H,4-5,10-13H2,(H,20,24);2*(H,6,7). The first-order chi connectivity index (χ1) is 18.2. The molecule has 214 valence electrons. The molecule has 3 N–H and O–H groups in total. The summed E-state index contributed by atoms with van der Waals surface area (Å²) in [6.45, 7) is 3.07. The smallest absolute Gasteiger partial charge is 0.475 e. The Balaban J connectivity index is 0.000000317. The predicted molar refractivity (Wildman–Crippen MR) is 120 cm³/mol. The van der Waals surface area contributed by atoms with E-state index in [9.17, 15) is 31.1 Å². The van der Waals surface area contributed by atoms with Crippen LogP contribution in [0.3, 0.4) is 0 Å². The lowest BCUT2D eigenvalue weighted by atomic mass is 9.79. The average Bonchev–Trinajstić information content (AvgIpc) is 3.28. The number of nitrogens with zero attached hydrogens (tertiary/aromatic N) is 4. The normalized spacial score (nSPS) is 17.6. The Morgan fingerprint density at radius 1 is 0.974 bits per heavy atom. The van der Waals surface area contributed by atoms with Gasteiger partial charge in [0.2, 0.25) is 5.95 Å². The molecule has 4 heterocycles. The summed E-state index contributed by atoms with van der Waals surface area (Å²) in [6, 6.07) is 5.26. The summed E-state index contributed by atoms with van der Waals surface area (Å²) in [4.78, 5) is 44.6. The third kappa shape index (κ3) is 9.35. The van der Waals surface area contributed by atoms with Gasteiger partial charge in [-0.05, 0) is 37.0 Å². The molecule has 1 amide bonds. The molecule has 2 saturated heterocycles. The van der Waals surface area contributed by atoms with E-state index < -0.39 is 24.3 Å². The average molecular weight is 567 g/mol. The number of carboxylic acid groups (broad SMARTS) is 2. The zero-order chi connectivity index (χ0) is 29.3. The van der Waals surface area contributed by atoms with Crippen molar-refractivity contribution in [1.29, 1.82) is 0 Å². The molecule has 2 aliphatic heterocycles. The Kier molecular flexibility index (Phi) is 10.5. The van der Waals surface area contributed by atoms with Crippen LogP contribution in [-0.2, 0) is 14.3 Å². The molecule has 0 aliphatic carbocycles. The van der Waals surface area contributed by atoms with Crippen molar-refractivity contribution in [1.82, 2.24) is 20.3 Å². The van der Waals surface area contributed by atoms with Gasteiger partial charge in [0.1, 0.15) is 5.60 Å². The number of anilines is 1. The van der Waals surface area contributed by atoms with Crippen LogP contribution in [0.2, 0.25) is 0 Å². The predicted octanol–water partition coefficient (Wildman–Crippen LogP) is 2.55. The zero-order valence-electron chi connectivity index (χ0n) is 19.9. The summed E-state index contributed by atoms with van der Waals surface area (Å²) in [5.74, 6) is -4.36. The Morgan fingerprint density at radius 3 is 1.97 bits per heavy atom. The van der Waals surface area contributed by atoms with Crippen molar-refractivity contribution in [2.45, 2.75) is 30.8 Å². The highest BCUT2D eigenvalue weighted by Crippen LogP contribution is 2.42. The number of pyridine rings is 1. The van der Waals surface area contributed by atoms with Crippen molar-refractivity contribution in [2.24, 2.45) is 5.92 Å². The number of hydrogen-bond acceptors (Lipinski definition) is 8. The summed E-state index contributed by atoms with van der Waals surface area (Å²) in [7, 11) is 0. The molecule has 17 heteroatoms. The Labute approximate surface area is 216 Å². The van der Waals surface area contributed by atoms with Crippen LogP contribution >= 0.6 is 0 Å². The highest BCUT2D eigenvalue weighted by Gasteiger charge is 2.53. The summed E-state index contributed by atoms with van der Waals surface area (Å²) < 4.78 is 69.5. The number of alkyl halides is 6. The SMILES string of the molecule is O=C(NCCC1CCOC12CN(c1ncccn1)C2)c1ccncc1.O=C(O)C(F)(F)F.O=C(O)C(F)(F)F. The van der Waals surface area contributed by atoms with Gasteiger partial charge in [0, 0.05) is 43.5 Å². The number of carbonyl (C=O) groups excluding carboxylic acids is 1. The third-order valence-corrected chi connectivity index (χ3v) is 5.56. The number of ether oxygens (including phenoxy) is 1. The molecule has 2 aromatic rings. The van der Waals surface area contributed by atoms with E-state index in [0.717, 1.165) is 38.5 Å². The van der Waals surface area contributed by atoms with Gasteiger partial charge in [-0.25, -0.2) is 19.6 Å². The van der Waals surface area contributed by atoms with Crippen LogP contribution in [0.1, 0.15) is 23.2 Å². The van der Waals surface area contributed by atoms with Gasteiger partial charge in [0.25, 0.3) is 5.91 Å². The fraction of sp³-hybridized carbons (Fsp3) is 0.455. The number of aromatic nitrogens is 3. The van der Waals surface area contributed by atoms with Crippen LogP contribution < -0.4 is 10.2 Å². The molecular formula is C22H23F6N5O6. The van der Waals surface area contributed by atoms with E-state index in [4.69, 9.17) is 24.5 Å². The van der Waals surface area contributed by atoms with Crippen molar-refractivity contribution in [2.75, 3.05) is 31.1 Å². The van der Waals surface area contributed by atoms with Gasteiger partial charge in [0.15, 0.2) is 0 Å². The molecule has 2 aliphatic rings. The highest BCUT2D eigenvalue weighted by atomic mass is 19.4. The number of carboxylic acids is 2. The van der Waals surface area contributed by atoms with Gasteiger partial charge in [0.05, 0.1) is 13.1 Å². The summed E-state index contributed by atoms with van der Waals surface area (Å²) >= 11 is 0. The minimum Gasteiger partial charge on any atom is -0.475 e. The Bertz CT molecular complexity index is 1070. The molecule has 2 aromatic heterocycles. The molecule has 0 bridgehead atoms. The van der Waals surface area contributed by atoms with Crippen LogP contribution in [0.5, 0.6) is 0 Å². The van der Waals surface area contributed by atoms with Crippen molar-refractivity contribution < 1.29 is 55.7 Å². The molecule has 1 atom stereocenters. The quantitative estimate of drug-likeness (QED) is 0.459. The van der Waals surface area contributed by atoms with E-state index in [-0.39, 0.29) is 11.5 Å². The number of amides is 1. The fourth-order valence-electron chi connectivity index (χ4n) is 3.70. The minimum absolute atomic E-state index is 0.0525. The van der Waals surface area contributed by atoms with E-state index in [1.165, 1.54) is 0 Å². The van der Waals surface area contributed by atoms with Crippen LogP contribution in [0, 0.1) is 5.92 Å². The van der Waals surface area contributed by atoms with Crippen molar-refractivity contribution in [3.63, 3.8) is 0 Å². The van der Waals surface area contributed by atoms with Crippen LogP contribution in [0.15, 0.2) is 43.0 Å². The molecular weight excluding hydrogens is 544 g/mol. The summed E-state index contributed by atoms with van der Waals surface area (Å²) in [5.41, 5.74) is 0.532. The van der Waals surface area contributed by atoms with Crippen molar-refractivity contribution in [3.05, 3.63) is 48.5 Å². The van der Waals surface area contributed by atoms with Gasteiger partial charge in [-0.15, -0.1) is 0 Å². The van der Waals surface area contributed by atoms with E-state index in [1.807, 2.05) is 6.07 Å². The lowest BCUT2D eigenvalue weighted by Gasteiger charge is -2.50. The molecule has 11 nitrogen and oxygen atoms in total. The molecule has 1 spiro atoms. The topological polar surface area (TPSA) is 155 Å². The monoisotopic (exact) mass is 567 g/mol. The van der Waals surface area contributed by atoms with Gasteiger partial charge in [-0.1, -0.05) is 0 Å². The Hall–Kier alpha value is -4.02. The maximum atomic E-state index is 12.1. The molecule has 0 radical (unpaired) electrons. The van der Waals surface area contributed by atoms with Crippen molar-refractivity contribution >= 4 is 23.8 Å². The second-order valence-electron chi connectivity index (χ2n) is 8.19. The number of aliphatic carboxylic acids is 2. The number of hydrogen-bond donors (Lipinski definition) is 3. The molecule has 39 heavy (non-hydrogen) atoms. The second kappa shape index (κ2) is 13.2. The first-order valence-corrected chi connectivity index (χ1v) is 11.1. The molecule has 4 rings (SSSR count). The number of rotatable bonds is 5. The molecule has 0 aromatic carbocycles. The van der Waals surface area contributed by atoms with E-state index in [2.05, 4.69) is 25.2 Å². The van der Waals surface area contributed by atoms with Crippen LogP contribution in [0.4, 0.5) is 32.3 Å². The summed E-state index contributed by atoms with van der Waals surface area (Å²) in [6.07, 6.45) is -1.44. The van der Waals surface area contributed by atoms with E-state index in [0.29, 0.717) is 18.0 Å². The van der Waals surface area contributed by atoms with Gasteiger partial charge in [-0.3, -0.25) is 9.78 Å². The van der Waals surface area contributed by atoms with Crippen molar-refractivity contribution in [3.8, 4) is 0 Å². The minimum atomic E-state index is -5.08. The number of carbonyl (C=O) groups is 3. The molecule has 2 fully saturated rings. The first kappa shape index (κ1) is 31.2. The van der Waals surface area contributed by atoms with Gasteiger partial charge in [-0.2, -0.15) is 26.3 Å². The highest BCUT2D eigenvalue weighted by molar-refractivity contribution is 5.93. The molecule has 1 unspecified atom stereocenters. The third-order valence-electron chi connectivity index (χ3n) is 5.56. The maximum absolute atomic E-state index is 12.1. The van der Waals surface area contributed by atoms with Gasteiger partial charge >= 0.3 is 24.3 Å². The second-order valence-corrected chi connectivity index (χ2v) is 8.19. The number of halogens is 6. The van der Waals surface area contributed by atoms with Crippen LogP contribution in [0.25, 0.3) is 0 Å². The molecule has 0 saturated carbocycles. The maximum Gasteiger partial charge on any atom is 0.490 e. The lowest BCUT2D eigenvalue weighted by Crippen LogP contribution is -2.65. The largest absolute Gasteiger partial charge is 0.490 e. The number of nitrogens with one attached hydrogen (secondary N) is 1.